The standard InChI is InChI=1S/C30H32N4O6S3/c1-19-16-34(20(2)18-35)30(37)23-6-4-7-24(32-28(36)21-9-11-22(12-10-21)29-31-13-15-42-29)27(23)40-25(19)17-33(3)43(38,39)26-8-5-14-41-26/h4-15,19-20,25,35H,16-18H2,1-3H3,(H,32,36)/t19-,20+,25+/m0/s1. The zero-order valence-electron chi connectivity index (χ0n) is 23.8. The molecule has 2 aromatic heterocycles. The Balaban J connectivity index is 1.47. The fourth-order valence-electron chi connectivity index (χ4n) is 4.80. The van der Waals surface area contributed by atoms with Crippen molar-refractivity contribution in [1.29, 1.82) is 0 Å². The van der Waals surface area contributed by atoms with Crippen LogP contribution in [0.1, 0.15) is 34.6 Å². The first kappa shape index (κ1) is 30.8. The van der Waals surface area contributed by atoms with Gasteiger partial charge in [-0.15, -0.1) is 22.7 Å². The van der Waals surface area contributed by atoms with Crippen molar-refractivity contribution in [3.8, 4) is 16.3 Å². The highest BCUT2D eigenvalue weighted by Gasteiger charge is 2.36. The minimum Gasteiger partial charge on any atom is -0.486 e. The molecule has 1 aliphatic rings. The van der Waals surface area contributed by atoms with Gasteiger partial charge in [0.05, 0.1) is 30.4 Å². The van der Waals surface area contributed by atoms with Crippen LogP contribution in [0.5, 0.6) is 5.75 Å². The molecule has 0 aliphatic carbocycles. The second-order valence-electron chi connectivity index (χ2n) is 10.4. The van der Waals surface area contributed by atoms with Gasteiger partial charge in [-0.2, -0.15) is 4.31 Å². The smallest absolute Gasteiger partial charge is 0.258 e. The zero-order chi connectivity index (χ0) is 30.7. The van der Waals surface area contributed by atoms with Gasteiger partial charge in [0.25, 0.3) is 21.8 Å². The number of hydrogen-bond donors (Lipinski definition) is 2. The summed E-state index contributed by atoms with van der Waals surface area (Å²) < 4.78 is 34.4. The number of thiazole rings is 1. The number of nitrogens with one attached hydrogen (secondary N) is 1. The van der Waals surface area contributed by atoms with E-state index in [-0.39, 0.29) is 52.7 Å². The second-order valence-corrected chi connectivity index (χ2v) is 14.5. The van der Waals surface area contributed by atoms with E-state index in [1.807, 2.05) is 24.4 Å². The highest BCUT2D eigenvalue weighted by molar-refractivity contribution is 7.91. The van der Waals surface area contributed by atoms with Gasteiger partial charge in [0.2, 0.25) is 0 Å². The Kier molecular flexibility index (Phi) is 9.28. The zero-order valence-corrected chi connectivity index (χ0v) is 26.3. The molecule has 3 heterocycles. The first-order chi connectivity index (χ1) is 20.6. The lowest BCUT2D eigenvalue weighted by Crippen LogP contribution is -2.50. The van der Waals surface area contributed by atoms with E-state index in [4.69, 9.17) is 4.74 Å². The van der Waals surface area contributed by atoms with Crippen molar-refractivity contribution in [2.75, 3.05) is 32.1 Å². The SMILES string of the molecule is C[C@H](CO)N1C[C@H](C)[C@@H](CN(C)S(=O)(=O)c2cccs2)Oc2c(NC(=O)c3ccc(-c4nccs4)cc3)cccc2C1=O. The number of thiophene rings is 1. The molecule has 2 N–H and O–H groups in total. The Bertz CT molecular complexity index is 1680. The molecule has 3 atom stereocenters. The summed E-state index contributed by atoms with van der Waals surface area (Å²) in [4.78, 5) is 33.0. The van der Waals surface area contributed by atoms with Crippen molar-refractivity contribution >= 4 is 50.2 Å². The number of likely N-dealkylation sites (N-methyl/N-ethyl adjacent to an activating group) is 1. The number of sulfonamides is 1. The van der Waals surface area contributed by atoms with Crippen molar-refractivity contribution in [2.45, 2.75) is 30.2 Å². The number of para-hydroxylation sites is 1. The highest BCUT2D eigenvalue weighted by Crippen LogP contribution is 2.36. The summed E-state index contributed by atoms with van der Waals surface area (Å²) in [5.41, 5.74) is 1.77. The van der Waals surface area contributed by atoms with E-state index >= 15 is 0 Å². The fourth-order valence-corrected chi connectivity index (χ4v) is 7.83. The van der Waals surface area contributed by atoms with Gasteiger partial charge in [0.1, 0.15) is 15.3 Å². The number of amides is 2. The van der Waals surface area contributed by atoms with Crippen LogP contribution >= 0.6 is 22.7 Å². The quantitative estimate of drug-likeness (QED) is 0.272. The number of ether oxygens (including phenoxy) is 1. The number of carbonyl (C=O) groups is 2. The summed E-state index contributed by atoms with van der Waals surface area (Å²) in [5.74, 6) is -0.937. The van der Waals surface area contributed by atoms with Crippen molar-refractivity contribution in [3.63, 3.8) is 0 Å². The normalized spacial score (nSPS) is 18.0. The molecule has 0 saturated carbocycles. The van der Waals surface area contributed by atoms with Crippen LogP contribution in [0.2, 0.25) is 0 Å². The lowest BCUT2D eigenvalue weighted by Gasteiger charge is -2.38. The van der Waals surface area contributed by atoms with E-state index < -0.39 is 28.1 Å². The molecule has 13 heteroatoms. The van der Waals surface area contributed by atoms with E-state index in [9.17, 15) is 23.1 Å². The molecule has 5 rings (SSSR count). The molecule has 0 unspecified atom stereocenters. The largest absolute Gasteiger partial charge is 0.486 e. The highest BCUT2D eigenvalue weighted by atomic mass is 32.2. The molecule has 10 nitrogen and oxygen atoms in total. The number of carbonyl (C=O) groups excluding carboxylic acids is 2. The average Bonchev–Trinajstić information content (AvgIpc) is 3.74. The van der Waals surface area contributed by atoms with Crippen LogP contribution in [-0.4, -0.2) is 78.4 Å². The van der Waals surface area contributed by atoms with Gasteiger partial charge in [-0.3, -0.25) is 9.59 Å². The molecule has 0 radical (unpaired) electrons. The number of benzene rings is 2. The van der Waals surface area contributed by atoms with Gasteiger partial charge >= 0.3 is 0 Å². The molecule has 0 saturated heterocycles. The van der Waals surface area contributed by atoms with Crippen molar-refractivity contribution < 1.29 is 27.9 Å². The third-order valence-electron chi connectivity index (χ3n) is 7.36. The van der Waals surface area contributed by atoms with Crippen LogP contribution in [0.25, 0.3) is 10.6 Å². The topological polar surface area (TPSA) is 129 Å². The lowest BCUT2D eigenvalue weighted by atomic mass is 9.99. The van der Waals surface area contributed by atoms with Gasteiger partial charge in [-0.05, 0) is 42.6 Å². The molecule has 0 bridgehead atoms. The third kappa shape index (κ3) is 6.50. The number of aliphatic hydroxyl groups excluding tert-OH is 1. The molecular formula is C30H32N4O6S3. The number of nitrogens with zero attached hydrogens (tertiary/aromatic N) is 3. The summed E-state index contributed by atoms with van der Waals surface area (Å²) in [6.07, 6.45) is 1.03. The van der Waals surface area contributed by atoms with E-state index in [0.717, 1.165) is 21.9 Å². The van der Waals surface area contributed by atoms with Gasteiger partial charge < -0.3 is 20.1 Å². The first-order valence-corrected chi connectivity index (χ1v) is 16.8. The van der Waals surface area contributed by atoms with Crippen LogP contribution in [0.15, 0.2) is 75.8 Å². The average molecular weight is 641 g/mol. The molecule has 0 fully saturated rings. The predicted octanol–water partition coefficient (Wildman–Crippen LogP) is 4.66. The molecule has 43 heavy (non-hydrogen) atoms. The molecule has 0 spiro atoms. The number of rotatable bonds is 9. The van der Waals surface area contributed by atoms with E-state index in [1.54, 1.807) is 65.9 Å². The van der Waals surface area contributed by atoms with Gasteiger partial charge in [0.15, 0.2) is 5.75 Å². The first-order valence-electron chi connectivity index (χ1n) is 13.6. The Morgan fingerprint density at radius 1 is 1.16 bits per heavy atom. The fraction of sp³-hybridized carbons (Fsp3) is 0.300. The number of aliphatic hydroxyl groups is 1. The molecule has 2 aromatic carbocycles. The lowest BCUT2D eigenvalue weighted by molar-refractivity contribution is 0.0388. The summed E-state index contributed by atoms with van der Waals surface area (Å²) >= 11 is 2.63. The van der Waals surface area contributed by atoms with E-state index in [0.29, 0.717) is 5.56 Å². The molecule has 2 amide bonds. The summed E-state index contributed by atoms with van der Waals surface area (Å²) in [6.45, 7) is 3.60. The Hall–Kier alpha value is -3.62. The maximum atomic E-state index is 13.7. The minimum absolute atomic E-state index is 0.00310. The summed E-state index contributed by atoms with van der Waals surface area (Å²) in [7, 11) is -2.28. The molecule has 226 valence electrons. The maximum Gasteiger partial charge on any atom is 0.258 e. The van der Waals surface area contributed by atoms with Crippen LogP contribution in [0.3, 0.4) is 0 Å². The van der Waals surface area contributed by atoms with Crippen LogP contribution < -0.4 is 10.1 Å². The van der Waals surface area contributed by atoms with E-state index in [1.165, 1.54) is 22.7 Å². The van der Waals surface area contributed by atoms with Crippen LogP contribution in [0.4, 0.5) is 5.69 Å². The van der Waals surface area contributed by atoms with Gasteiger partial charge in [-0.1, -0.05) is 31.2 Å². The second kappa shape index (κ2) is 12.9. The molecular weight excluding hydrogens is 609 g/mol. The van der Waals surface area contributed by atoms with Gasteiger partial charge in [0, 0.05) is 42.2 Å². The van der Waals surface area contributed by atoms with Gasteiger partial charge in [-0.25, -0.2) is 13.4 Å². The predicted molar refractivity (Wildman–Crippen MR) is 167 cm³/mol. The number of aromatic nitrogens is 1. The number of fused-ring (bicyclic) bond motifs is 1. The number of hydrogen-bond acceptors (Lipinski definition) is 9. The Labute approximate surface area is 258 Å². The molecule has 4 aromatic rings. The Morgan fingerprint density at radius 3 is 2.58 bits per heavy atom. The third-order valence-corrected chi connectivity index (χ3v) is 11.4. The van der Waals surface area contributed by atoms with Crippen molar-refractivity contribution in [2.24, 2.45) is 5.92 Å². The summed E-state index contributed by atoms with van der Waals surface area (Å²) in [6, 6.07) is 14.7. The minimum atomic E-state index is -3.77. The van der Waals surface area contributed by atoms with Crippen molar-refractivity contribution in [1.82, 2.24) is 14.2 Å². The van der Waals surface area contributed by atoms with Crippen LogP contribution in [-0.2, 0) is 10.0 Å². The summed E-state index contributed by atoms with van der Waals surface area (Å²) in [5, 5.41) is 17.2. The van der Waals surface area contributed by atoms with Crippen LogP contribution in [0, 0.1) is 5.92 Å². The van der Waals surface area contributed by atoms with E-state index in [2.05, 4.69) is 10.3 Å². The van der Waals surface area contributed by atoms with Crippen molar-refractivity contribution in [3.05, 3.63) is 82.7 Å². The molecule has 1 aliphatic heterocycles. The monoisotopic (exact) mass is 640 g/mol. The maximum absolute atomic E-state index is 13.7. The number of anilines is 1. The Morgan fingerprint density at radius 2 is 1.93 bits per heavy atom.